The Labute approximate surface area is 195 Å². The molecule has 4 rings (SSSR count). The maximum atomic E-state index is 13.5. The lowest BCUT2D eigenvalue weighted by Gasteiger charge is -2.49. The number of piperidine rings is 2. The summed E-state index contributed by atoms with van der Waals surface area (Å²) in [4.78, 5) is 27.0. The van der Waals surface area contributed by atoms with E-state index in [1.54, 1.807) is 12.1 Å². The van der Waals surface area contributed by atoms with Gasteiger partial charge in [0.15, 0.2) is 6.10 Å². The molecule has 1 spiro atoms. The number of nitrogens with zero attached hydrogens (tertiary/aromatic N) is 1. The van der Waals surface area contributed by atoms with Crippen LogP contribution in [0.1, 0.15) is 48.0 Å². The Hall–Kier alpha value is -2.94. The van der Waals surface area contributed by atoms with Crippen LogP contribution in [0.25, 0.3) is 0 Å². The van der Waals surface area contributed by atoms with Crippen LogP contribution in [-0.2, 0) is 20.5 Å². The second-order valence-corrected chi connectivity index (χ2v) is 8.97. The van der Waals surface area contributed by atoms with E-state index in [0.717, 1.165) is 11.6 Å². The monoisotopic (exact) mass is 478 g/mol. The number of rotatable bonds is 4. The molecule has 5 nitrogen and oxygen atoms in total. The summed E-state index contributed by atoms with van der Waals surface area (Å²) in [6.45, 7) is 0.994. The molecule has 2 aliphatic rings. The second kappa shape index (κ2) is 9.37. The number of benzene rings is 2. The van der Waals surface area contributed by atoms with Gasteiger partial charge < -0.3 is 15.0 Å². The molecule has 0 radical (unpaired) electrons. The molecule has 182 valence electrons. The molecule has 2 heterocycles. The Morgan fingerprint density at radius 1 is 1.12 bits per heavy atom. The molecule has 0 saturated carbocycles. The third kappa shape index (κ3) is 4.66. The van der Waals surface area contributed by atoms with Gasteiger partial charge in [-0.25, -0.2) is 4.39 Å². The lowest BCUT2D eigenvalue weighted by Crippen LogP contribution is -2.53. The number of amides is 2. The number of nitrogens with one attached hydrogen (secondary N) is 1. The smallest absolute Gasteiger partial charge is 0.367 e. The zero-order chi connectivity index (χ0) is 24.5. The fourth-order valence-corrected chi connectivity index (χ4v) is 5.31. The minimum absolute atomic E-state index is 0.0489. The van der Waals surface area contributed by atoms with E-state index in [4.69, 9.17) is 4.74 Å². The lowest BCUT2D eigenvalue weighted by molar-refractivity contribution is -0.148. The van der Waals surface area contributed by atoms with Gasteiger partial charge in [0.2, 0.25) is 5.91 Å². The SMILES string of the molecule is COC(C(=O)N1CCC2(CC1)CC(=O)NC[C@H]2c1ccc(F)cc1)c1ccccc1C(F)(F)F. The van der Waals surface area contributed by atoms with Crippen molar-refractivity contribution in [1.29, 1.82) is 0 Å². The van der Waals surface area contributed by atoms with E-state index >= 15 is 0 Å². The second-order valence-electron chi connectivity index (χ2n) is 8.97. The number of hydrogen-bond acceptors (Lipinski definition) is 3. The third-order valence-electron chi connectivity index (χ3n) is 7.11. The van der Waals surface area contributed by atoms with Gasteiger partial charge in [-0.3, -0.25) is 9.59 Å². The van der Waals surface area contributed by atoms with Crippen LogP contribution in [-0.4, -0.2) is 43.5 Å². The predicted octanol–water partition coefficient (Wildman–Crippen LogP) is 4.44. The fourth-order valence-electron chi connectivity index (χ4n) is 5.31. The molecule has 9 heteroatoms. The Morgan fingerprint density at radius 3 is 2.38 bits per heavy atom. The number of halogens is 4. The van der Waals surface area contributed by atoms with Crippen LogP contribution in [0.15, 0.2) is 48.5 Å². The highest BCUT2D eigenvalue weighted by atomic mass is 19.4. The summed E-state index contributed by atoms with van der Waals surface area (Å²) >= 11 is 0. The van der Waals surface area contributed by atoms with Crippen molar-refractivity contribution in [2.45, 2.75) is 37.5 Å². The van der Waals surface area contributed by atoms with Gasteiger partial charge in [-0.2, -0.15) is 13.2 Å². The largest absolute Gasteiger partial charge is 0.416 e. The minimum atomic E-state index is -4.61. The number of carbonyl (C=O) groups is 2. The van der Waals surface area contributed by atoms with Gasteiger partial charge in [-0.15, -0.1) is 0 Å². The number of alkyl halides is 3. The Morgan fingerprint density at radius 2 is 1.76 bits per heavy atom. The van der Waals surface area contributed by atoms with Gasteiger partial charge in [0.25, 0.3) is 5.91 Å². The maximum absolute atomic E-state index is 13.5. The van der Waals surface area contributed by atoms with E-state index in [9.17, 15) is 27.2 Å². The van der Waals surface area contributed by atoms with Crippen molar-refractivity contribution in [3.8, 4) is 0 Å². The highest BCUT2D eigenvalue weighted by Crippen LogP contribution is 2.49. The standard InChI is InChI=1S/C25H26F4N2O3/c1-34-22(18-4-2-3-5-19(18)25(27,28)29)23(33)31-12-10-24(11-13-31)14-21(32)30-15-20(24)16-6-8-17(26)9-7-16/h2-9,20,22H,10-15H2,1H3,(H,30,32)/t20-,22?/m0/s1. The number of methoxy groups -OCH3 is 1. The number of likely N-dealkylation sites (tertiary alicyclic amines) is 1. The molecule has 2 aromatic rings. The Balaban J connectivity index is 1.54. The number of ether oxygens (including phenoxy) is 1. The van der Waals surface area contributed by atoms with E-state index in [1.165, 1.54) is 42.3 Å². The summed E-state index contributed by atoms with van der Waals surface area (Å²) in [6.07, 6.45) is -4.70. The van der Waals surface area contributed by atoms with Crippen LogP contribution in [0.4, 0.5) is 17.6 Å². The zero-order valence-electron chi connectivity index (χ0n) is 18.7. The normalized spacial score (nSPS) is 21.3. The summed E-state index contributed by atoms with van der Waals surface area (Å²) in [7, 11) is 1.22. The van der Waals surface area contributed by atoms with Crippen molar-refractivity contribution in [3.05, 3.63) is 71.0 Å². The maximum Gasteiger partial charge on any atom is 0.416 e. The summed E-state index contributed by atoms with van der Waals surface area (Å²) < 4.78 is 59.2. The van der Waals surface area contributed by atoms with Crippen molar-refractivity contribution >= 4 is 11.8 Å². The van der Waals surface area contributed by atoms with Crippen molar-refractivity contribution in [2.75, 3.05) is 26.7 Å². The molecule has 2 aromatic carbocycles. The molecule has 0 bridgehead atoms. The first-order valence-corrected chi connectivity index (χ1v) is 11.1. The van der Waals surface area contributed by atoms with Crippen molar-refractivity contribution in [2.24, 2.45) is 5.41 Å². The molecule has 0 aliphatic carbocycles. The molecule has 1 N–H and O–H groups in total. The molecular formula is C25H26F4N2O3. The molecule has 2 atom stereocenters. The summed E-state index contributed by atoms with van der Waals surface area (Å²) in [6, 6.07) is 11.1. The summed E-state index contributed by atoms with van der Waals surface area (Å²) in [5.74, 6) is -1.00. The predicted molar refractivity (Wildman–Crippen MR) is 116 cm³/mol. The van der Waals surface area contributed by atoms with E-state index in [2.05, 4.69) is 5.32 Å². The number of hydrogen-bond donors (Lipinski definition) is 1. The molecule has 0 aromatic heterocycles. The third-order valence-corrected chi connectivity index (χ3v) is 7.11. The van der Waals surface area contributed by atoms with Crippen LogP contribution >= 0.6 is 0 Å². The van der Waals surface area contributed by atoms with Gasteiger partial charge in [-0.1, -0.05) is 30.3 Å². The quantitative estimate of drug-likeness (QED) is 0.661. The van der Waals surface area contributed by atoms with Crippen molar-refractivity contribution < 1.29 is 31.9 Å². The molecule has 34 heavy (non-hydrogen) atoms. The van der Waals surface area contributed by atoms with Gasteiger partial charge in [-0.05, 0) is 42.0 Å². The average molecular weight is 478 g/mol. The first kappa shape index (κ1) is 24.2. The van der Waals surface area contributed by atoms with Gasteiger partial charge in [0, 0.05) is 44.6 Å². The minimum Gasteiger partial charge on any atom is -0.367 e. The molecule has 1 unspecified atom stereocenters. The van der Waals surface area contributed by atoms with Crippen molar-refractivity contribution in [1.82, 2.24) is 10.2 Å². The van der Waals surface area contributed by atoms with E-state index < -0.39 is 29.2 Å². The summed E-state index contributed by atoms with van der Waals surface area (Å²) in [5.41, 5.74) is -0.619. The van der Waals surface area contributed by atoms with E-state index in [0.29, 0.717) is 19.4 Å². The molecule has 2 amide bonds. The van der Waals surface area contributed by atoms with Crippen LogP contribution < -0.4 is 5.32 Å². The first-order chi connectivity index (χ1) is 16.1. The van der Waals surface area contributed by atoms with Gasteiger partial charge in [0.1, 0.15) is 5.82 Å². The van der Waals surface area contributed by atoms with Gasteiger partial charge in [0.05, 0.1) is 5.56 Å². The van der Waals surface area contributed by atoms with E-state index in [1.807, 2.05) is 0 Å². The molecule has 2 aliphatic heterocycles. The van der Waals surface area contributed by atoms with Crippen LogP contribution in [0.5, 0.6) is 0 Å². The molecule has 2 saturated heterocycles. The number of carbonyl (C=O) groups excluding carboxylic acids is 2. The highest BCUT2D eigenvalue weighted by Gasteiger charge is 2.47. The van der Waals surface area contributed by atoms with Gasteiger partial charge >= 0.3 is 6.18 Å². The van der Waals surface area contributed by atoms with Crippen LogP contribution in [0, 0.1) is 11.2 Å². The zero-order valence-corrected chi connectivity index (χ0v) is 18.7. The lowest BCUT2D eigenvalue weighted by atomic mass is 9.62. The first-order valence-electron chi connectivity index (χ1n) is 11.1. The van der Waals surface area contributed by atoms with Crippen LogP contribution in [0.2, 0.25) is 0 Å². The Kier molecular flexibility index (Phi) is 6.66. The highest BCUT2D eigenvalue weighted by molar-refractivity contribution is 5.83. The molecular weight excluding hydrogens is 452 g/mol. The van der Waals surface area contributed by atoms with E-state index in [-0.39, 0.29) is 42.7 Å². The van der Waals surface area contributed by atoms with Crippen LogP contribution in [0.3, 0.4) is 0 Å². The Bertz CT molecular complexity index is 1050. The fraction of sp³-hybridized carbons (Fsp3) is 0.440. The molecule has 2 fully saturated rings. The average Bonchev–Trinajstić information content (AvgIpc) is 2.80. The topological polar surface area (TPSA) is 58.6 Å². The summed E-state index contributed by atoms with van der Waals surface area (Å²) in [5, 5.41) is 2.88. The van der Waals surface area contributed by atoms with Crippen molar-refractivity contribution in [3.63, 3.8) is 0 Å².